The molecule has 2 aromatic heterocycles. The molecule has 0 aliphatic carbocycles. The molecule has 0 radical (unpaired) electrons. The van der Waals surface area contributed by atoms with Crippen molar-refractivity contribution in [2.75, 3.05) is 6.61 Å². The summed E-state index contributed by atoms with van der Waals surface area (Å²) in [5.41, 5.74) is 0.836. The van der Waals surface area contributed by atoms with Crippen molar-refractivity contribution in [3.05, 3.63) is 56.5 Å². The molecule has 1 N–H and O–H groups in total. The molecule has 32 heavy (non-hydrogen) atoms. The van der Waals surface area contributed by atoms with E-state index in [0.29, 0.717) is 43.1 Å². The number of benzene rings is 1. The molecule has 0 spiro atoms. The molecule has 0 bridgehead atoms. The van der Waals surface area contributed by atoms with Crippen molar-refractivity contribution in [1.82, 2.24) is 19.1 Å². The second-order valence-electron chi connectivity index (χ2n) is 7.63. The van der Waals surface area contributed by atoms with Gasteiger partial charge in [0, 0.05) is 19.5 Å². The smallest absolute Gasteiger partial charge is 0.330 e. The zero-order valence-corrected chi connectivity index (χ0v) is 18.8. The van der Waals surface area contributed by atoms with E-state index in [-0.39, 0.29) is 19.0 Å². The van der Waals surface area contributed by atoms with E-state index in [2.05, 4.69) is 9.97 Å². The SMILES string of the molecule is CCCCn1c(=O)[nH]c(=O)c2c1nc(COC(=O)CCCOc1ccc(C)cc1)n2CC. The summed E-state index contributed by atoms with van der Waals surface area (Å²) >= 11 is 0. The first kappa shape index (κ1) is 23.3. The minimum absolute atomic E-state index is 0.0679. The lowest BCUT2D eigenvalue weighted by molar-refractivity contribution is -0.145. The van der Waals surface area contributed by atoms with Crippen molar-refractivity contribution < 1.29 is 14.3 Å². The number of nitrogens with zero attached hydrogens (tertiary/aromatic N) is 3. The monoisotopic (exact) mass is 442 g/mol. The van der Waals surface area contributed by atoms with Crippen molar-refractivity contribution in [2.45, 2.75) is 66.2 Å². The zero-order chi connectivity index (χ0) is 23.1. The largest absolute Gasteiger partial charge is 0.494 e. The third kappa shape index (κ3) is 5.46. The predicted molar refractivity (Wildman–Crippen MR) is 121 cm³/mol. The van der Waals surface area contributed by atoms with Gasteiger partial charge in [0.2, 0.25) is 0 Å². The number of hydrogen-bond acceptors (Lipinski definition) is 6. The summed E-state index contributed by atoms with van der Waals surface area (Å²) in [4.78, 5) is 43.7. The molecule has 0 atom stereocenters. The van der Waals surface area contributed by atoms with Gasteiger partial charge in [-0.1, -0.05) is 31.0 Å². The van der Waals surface area contributed by atoms with Crippen molar-refractivity contribution in [3.8, 4) is 5.75 Å². The fraction of sp³-hybridized carbons (Fsp3) is 0.478. The molecule has 0 amide bonds. The van der Waals surface area contributed by atoms with E-state index in [1.807, 2.05) is 45.0 Å². The number of hydrogen-bond donors (Lipinski definition) is 1. The molecule has 3 aromatic rings. The molecule has 0 saturated heterocycles. The number of imidazole rings is 1. The van der Waals surface area contributed by atoms with Gasteiger partial charge in [0.1, 0.15) is 18.2 Å². The van der Waals surface area contributed by atoms with E-state index in [0.717, 1.165) is 24.2 Å². The molecule has 1 aromatic carbocycles. The molecule has 0 aliphatic heterocycles. The Kier molecular flexibility index (Phi) is 7.86. The predicted octanol–water partition coefficient (Wildman–Crippen LogP) is 2.92. The first-order chi connectivity index (χ1) is 15.4. The van der Waals surface area contributed by atoms with Crippen molar-refractivity contribution in [3.63, 3.8) is 0 Å². The molecule has 3 rings (SSSR count). The van der Waals surface area contributed by atoms with Gasteiger partial charge in [0.05, 0.1) is 6.61 Å². The van der Waals surface area contributed by atoms with Crippen LogP contribution in [0.1, 0.15) is 50.9 Å². The molecule has 9 nitrogen and oxygen atoms in total. The summed E-state index contributed by atoms with van der Waals surface area (Å²) in [6.45, 7) is 7.16. The van der Waals surface area contributed by atoms with Crippen molar-refractivity contribution in [2.24, 2.45) is 0 Å². The minimum Gasteiger partial charge on any atom is -0.494 e. The lowest BCUT2D eigenvalue weighted by atomic mass is 10.2. The molecular weight excluding hydrogens is 412 g/mol. The summed E-state index contributed by atoms with van der Waals surface area (Å²) in [7, 11) is 0. The normalized spacial score (nSPS) is 11.1. The Morgan fingerprint density at radius 1 is 1.09 bits per heavy atom. The third-order valence-corrected chi connectivity index (χ3v) is 5.19. The van der Waals surface area contributed by atoms with E-state index in [4.69, 9.17) is 9.47 Å². The van der Waals surface area contributed by atoms with Crippen LogP contribution in [0, 0.1) is 6.92 Å². The maximum absolute atomic E-state index is 12.4. The Hall–Kier alpha value is -3.36. The average molecular weight is 443 g/mol. The van der Waals surface area contributed by atoms with E-state index < -0.39 is 11.2 Å². The highest BCUT2D eigenvalue weighted by Crippen LogP contribution is 2.14. The summed E-state index contributed by atoms with van der Waals surface area (Å²) < 4.78 is 14.2. The van der Waals surface area contributed by atoms with Crippen LogP contribution in [0.5, 0.6) is 5.75 Å². The molecule has 0 unspecified atom stereocenters. The highest BCUT2D eigenvalue weighted by molar-refractivity contribution is 5.71. The van der Waals surface area contributed by atoms with Gasteiger partial charge in [-0.15, -0.1) is 0 Å². The number of rotatable bonds is 11. The van der Waals surface area contributed by atoms with Crippen LogP contribution in [0.2, 0.25) is 0 Å². The van der Waals surface area contributed by atoms with Crippen LogP contribution in [-0.4, -0.2) is 31.7 Å². The standard InChI is InChI=1S/C23H30N4O5/c1-4-6-13-27-21-20(22(29)25-23(27)30)26(5-2)18(24-21)15-32-19(28)8-7-14-31-17-11-9-16(3)10-12-17/h9-12H,4-8,13-15H2,1-3H3,(H,25,29,30). The lowest BCUT2D eigenvalue weighted by Gasteiger charge is -2.08. The van der Waals surface area contributed by atoms with E-state index in [1.165, 1.54) is 4.57 Å². The van der Waals surface area contributed by atoms with Gasteiger partial charge in [0.15, 0.2) is 11.2 Å². The van der Waals surface area contributed by atoms with Crippen LogP contribution < -0.4 is 16.0 Å². The molecule has 9 heteroatoms. The maximum Gasteiger partial charge on any atom is 0.330 e. The Balaban J connectivity index is 1.63. The highest BCUT2D eigenvalue weighted by Gasteiger charge is 2.18. The zero-order valence-electron chi connectivity index (χ0n) is 18.8. The lowest BCUT2D eigenvalue weighted by Crippen LogP contribution is -2.31. The van der Waals surface area contributed by atoms with Crippen LogP contribution in [0.3, 0.4) is 0 Å². The van der Waals surface area contributed by atoms with Gasteiger partial charge in [-0.05, 0) is 38.8 Å². The van der Waals surface area contributed by atoms with E-state index >= 15 is 0 Å². The first-order valence-electron chi connectivity index (χ1n) is 11.0. The van der Waals surface area contributed by atoms with Crippen LogP contribution in [-0.2, 0) is 29.2 Å². The van der Waals surface area contributed by atoms with Crippen molar-refractivity contribution >= 4 is 17.1 Å². The van der Waals surface area contributed by atoms with E-state index in [1.54, 1.807) is 4.57 Å². The summed E-state index contributed by atoms with van der Waals surface area (Å²) in [5, 5.41) is 0. The average Bonchev–Trinajstić information content (AvgIpc) is 3.15. The molecular formula is C23H30N4O5. The Morgan fingerprint density at radius 2 is 1.84 bits per heavy atom. The van der Waals surface area contributed by atoms with Gasteiger partial charge in [0.25, 0.3) is 5.56 Å². The van der Waals surface area contributed by atoms with Gasteiger partial charge >= 0.3 is 11.7 Å². The molecule has 0 aliphatic rings. The van der Waals surface area contributed by atoms with Crippen LogP contribution in [0.4, 0.5) is 0 Å². The number of carbonyl (C=O) groups excluding carboxylic acids is 1. The summed E-state index contributed by atoms with van der Waals surface area (Å²) in [5.74, 6) is 0.831. The number of nitrogens with one attached hydrogen (secondary N) is 1. The van der Waals surface area contributed by atoms with Gasteiger partial charge in [-0.2, -0.15) is 0 Å². The number of fused-ring (bicyclic) bond motifs is 1. The number of carbonyl (C=O) groups is 1. The fourth-order valence-electron chi connectivity index (χ4n) is 3.45. The van der Waals surface area contributed by atoms with E-state index in [9.17, 15) is 14.4 Å². The third-order valence-electron chi connectivity index (χ3n) is 5.19. The number of aromatic nitrogens is 4. The quantitative estimate of drug-likeness (QED) is 0.361. The summed E-state index contributed by atoms with van der Waals surface area (Å²) in [6.07, 6.45) is 2.42. The van der Waals surface area contributed by atoms with Gasteiger partial charge in [-0.25, -0.2) is 9.78 Å². The molecule has 0 saturated carbocycles. The van der Waals surface area contributed by atoms with Crippen LogP contribution in [0.25, 0.3) is 11.2 Å². The minimum atomic E-state index is -0.488. The highest BCUT2D eigenvalue weighted by atomic mass is 16.5. The summed E-state index contributed by atoms with van der Waals surface area (Å²) in [6, 6.07) is 7.72. The first-order valence-corrected chi connectivity index (χ1v) is 11.0. The second kappa shape index (κ2) is 10.8. The fourth-order valence-corrected chi connectivity index (χ4v) is 3.45. The van der Waals surface area contributed by atoms with Gasteiger partial charge in [-0.3, -0.25) is 19.1 Å². The number of unbranched alkanes of at least 4 members (excludes halogenated alkanes) is 1. The Morgan fingerprint density at radius 3 is 2.53 bits per heavy atom. The number of esters is 1. The maximum atomic E-state index is 12.4. The Bertz CT molecular complexity index is 1170. The topological polar surface area (TPSA) is 108 Å². The Labute approximate surface area is 186 Å². The number of aromatic amines is 1. The molecule has 0 fully saturated rings. The number of ether oxygens (including phenoxy) is 2. The molecule has 2 heterocycles. The number of aryl methyl sites for hydroxylation is 3. The van der Waals surface area contributed by atoms with Crippen LogP contribution >= 0.6 is 0 Å². The van der Waals surface area contributed by atoms with Gasteiger partial charge < -0.3 is 14.0 Å². The molecule has 172 valence electrons. The second-order valence-corrected chi connectivity index (χ2v) is 7.63. The number of H-pyrrole nitrogens is 1. The van der Waals surface area contributed by atoms with Crippen LogP contribution in [0.15, 0.2) is 33.9 Å². The van der Waals surface area contributed by atoms with Crippen molar-refractivity contribution in [1.29, 1.82) is 0 Å².